The maximum atomic E-state index is 11.9. The molecule has 1 amide bonds. The number of anilines is 1. The molecule has 1 aromatic heterocycles. The molecule has 2 rings (SSSR count). The molecule has 1 heterocycles. The van der Waals surface area contributed by atoms with Gasteiger partial charge in [0.2, 0.25) is 5.91 Å². The van der Waals surface area contributed by atoms with Crippen molar-refractivity contribution in [2.24, 2.45) is 0 Å². The molecule has 0 bridgehead atoms. The molecule has 0 radical (unpaired) electrons. The number of esters is 1. The molecule has 0 spiro atoms. The van der Waals surface area contributed by atoms with Crippen LogP contribution in [0.15, 0.2) is 41.2 Å². The second-order valence-corrected chi connectivity index (χ2v) is 4.19. The Kier molecular flexibility index (Phi) is 4.13. The van der Waals surface area contributed by atoms with Crippen molar-refractivity contribution in [2.45, 2.75) is 6.92 Å². The number of amides is 1. The lowest BCUT2D eigenvalue weighted by molar-refractivity contribution is -0.114. The van der Waals surface area contributed by atoms with Crippen molar-refractivity contribution in [3.63, 3.8) is 0 Å². The van der Waals surface area contributed by atoms with Crippen LogP contribution in [0.4, 0.5) is 5.69 Å². The van der Waals surface area contributed by atoms with Gasteiger partial charge in [-0.25, -0.2) is 4.79 Å². The molecule has 7 heteroatoms. The number of hydrogen-bond acceptors (Lipinski definition) is 5. The number of methoxy groups -OCH3 is 1. The standard InChI is InChI=1S/C14H13N3O4/c1-9(18)15-10-4-3-5-11(8-10)17-13(19)7-6-12(16-17)14(20)21-2/h3-8H,1-2H3,(H,15,18). The molecule has 21 heavy (non-hydrogen) atoms. The van der Waals surface area contributed by atoms with Crippen molar-refractivity contribution in [1.82, 2.24) is 9.78 Å². The topological polar surface area (TPSA) is 90.3 Å². The first-order chi connectivity index (χ1) is 10.0. The van der Waals surface area contributed by atoms with Crippen molar-refractivity contribution in [2.75, 3.05) is 12.4 Å². The zero-order valence-corrected chi connectivity index (χ0v) is 11.5. The Morgan fingerprint density at radius 1 is 1.24 bits per heavy atom. The Morgan fingerprint density at radius 2 is 2.00 bits per heavy atom. The van der Waals surface area contributed by atoms with Crippen LogP contribution in [0, 0.1) is 0 Å². The van der Waals surface area contributed by atoms with Crippen LogP contribution in [0.2, 0.25) is 0 Å². The maximum absolute atomic E-state index is 11.9. The first kappa shape index (κ1) is 14.4. The molecular weight excluding hydrogens is 274 g/mol. The van der Waals surface area contributed by atoms with E-state index in [1.165, 1.54) is 26.2 Å². The highest BCUT2D eigenvalue weighted by atomic mass is 16.5. The number of carbonyl (C=O) groups excluding carboxylic acids is 2. The first-order valence-electron chi connectivity index (χ1n) is 6.08. The van der Waals surface area contributed by atoms with E-state index in [0.717, 1.165) is 4.68 Å². The van der Waals surface area contributed by atoms with Gasteiger partial charge in [0.25, 0.3) is 5.56 Å². The zero-order chi connectivity index (χ0) is 15.4. The van der Waals surface area contributed by atoms with Gasteiger partial charge in [-0.05, 0) is 24.3 Å². The van der Waals surface area contributed by atoms with Crippen LogP contribution in [0.5, 0.6) is 0 Å². The highest BCUT2D eigenvalue weighted by Crippen LogP contribution is 2.12. The third kappa shape index (κ3) is 3.33. The van der Waals surface area contributed by atoms with Crippen molar-refractivity contribution >= 4 is 17.6 Å². The average molecular weight is 287 g/mol. The lowest BCUT2D eigenvalue weighted by Crippen LogP contribution is -2.23. The minimum atomic E-state index is -0.637. The van der Waals surface area contributed by atoms with Crippen molar-refractivity contribution < 1.29 is 14.3 Å². The zero-order valence-electron chi connectivity index (χ0n) is 11.5. The van der Waals surface area contributed by atoms with E-state index in [0.29, 0.717) is 11.4 Å². The molecule has 0 aliphatic rings. The molecule has 1 aromatic carbocycles. The van der Waals surface area contributed by atoms with E-state index >= 15 is 0 Å². The Balaban J connectivity index is 2.48. The van der Waals surface area contributed by atoms with Crippen LogP contribution in [-0.4, -0.2) is 28.8 Å². The number of hydrogen-bond donors (Lipinski definition) is 1. The summed E-state index contributed by atoms with van der Waals surface area (Å²) < 4.78 is 5.64. The Morgan fingerprint density at radius 3 is 2.67 bits per heavy atom. The molecule has 7 nitrogen and oxygen atoms in total. The van der Waals surface area contributed by atoms with Crippen LogP contribution in [0.25, 0.3) is 5.69 Å². The largest absolute Gasteiger partial charge is 0.464 e. The third-order valence-electron chi connectivity index (χ3n) is 2.61. The van der Waals surface area contributed by atoms with Crippen LogP contribution >= 0.6 is 0 Å². The number of nitrogens with zero attached hydrogens (tertiary/aromatic N) is 2. The quantitative estimate of drug-likeness (QED) is 0.850. The second-order valence-electron chi connectivity index (χ2n) is 4.19. The minimum absolute atomic E-state index is 0.0158. The summed E-state index contributed by atoms with van der Waals surface area (Å²) >= 11 is 0. The summed E-state index contributed by atoms with van der Waals surface area (Å²) in [5, 5.41) is 6.56. The van der Waals surface area contributed by atoms with Crippen LogP contribution in [0.1, 0.15) is 17.4 Å². The Labute approximate surface area is 120 Å². The maximum Gasteiger partial charge on any atom is 0.358 e. The Hall–Kier alpha value is -2.96. The number of ether oxygens (including phenoxy) is 1. The van der Waals surface area contributed by atoms with Gasteiger partial charge >= 0.3 is 5.97 Å². The van der Waals surface area contributed by atoms with Crippen molar-refractivity contribution in [1.29, 1.82) is 0 Å². The van der Waals surface area contributed by atoms with Crippen LogP contribution in [0.3, 0.4) is 0 Å². The average Bonchev–Trinajstić information content (AvgIpc) is 2.46. The predicted octanol–water partition coefficient (Wildman–Crippen LogP) is 0.977. The lowest BCUT2D eigenvalue weighted by Gasteiger charge is -2.08. The summed E-state index contributed by atoms with van der Waals surface area (Å²) in [5.74, 6) is -0.863. The third-order valence-corrected chi connectivity index (χ3v) is 2.61. The van der Waals surface area contributed by atoms with E-state index in [1.807, 2.05) is 0 Å². The molecule has 0 saturated heterocycles. The van der Waals surface area contributed by atoms with Gasteiger partial charge in [0, 0.05) is 18.7 Å². The highest BCUT2D eigenvalue weighted by Gasteiger charge is 2.10. The normalized spacial score (nSPS) is 10.0. The molecule has 0 saturated carbocycles. The number of rotatable bonds is 3. The van der Waals surface area contributed by atoms with E-state index in [1.54, 1.807) is 24.3 Å². The molecule has 2 aromatic rings. The van der Waals surface area contributed by atoms with E-state index < -0.39 is 11.5 Å². The van der Waals surface area contributed by atoms with E-state index in [2.05, 4.69) is 15.2 Å². The number of carbonyl (C=O) groups is 2. The molecule has 0 aliphatic carbocycles. The number of nitrogens with one attached hydrogen (secondary N) is 1. The van der Waals surface area contributed by atoms with Gasteiger partial charge in [-0.2, -0.15) is 9.78 Å². The first-order valence-corrected chi connectivity index (χ1v) is 6.08. The number of aromatic nitrogens is 2. The van der Waals surface area contributed by atoms with Crippen molar-refractivity contribution in [3.05, 3.63) is 52.4 Å². The van der Waals surface area contributed by atoms with Crippen LogP contribution in [-0.2, 0) is 9.53 Å². The monoisotopic (exact) mass is 287 g/mol. The van der Waals surface area contributed by atoms with Crippen molar-refractivity contribution in [3.8, 4) is 5.69 Å². The predicted molar refractivity (Wildman–Crippen MR) is 75.5 cm³/mol. The molecule has 0 fully saturated rings. The minimum Gasteiger partial charge on any atom is -0.464 e. The van der Waals surface area contributed by atoms with Gasteiger partial charge in [0.15, 0.2) is 5.69 Å². The summed E-state index contributed by atoms with van der Waals surface area (Å²) in [6, 6.07) is 9.09. The van der Waals surface area contributed by atoms with Gasteiger partial charge in [0.05, 0.1) is 12.8 Å². The summed E-state index contributed by atoms with van der Waals surface area (Å²) in [7, 11) is 1.23. The van der Waals surface area contributed by atoms with E-state index in [-0.39, 0.29) is 11.6 Å². The molecule has 0 unspecified atom stereocenters. The van der Waals surface area contributed by atoms with E-state index in [9.17, 15) is 14.4 Å². The molecule has 108 valence electrons. The molecular formula is C14H13N3O4. The summed E-state index contributed by atoms with van der Waals surface area (Å²) in [5.41, 5.74) is 0.568. The summed E-state index contributed by atoms with van der Waals surface area (Å²) in [6.45, 7) is 1.38. The summed E-state index contributed by atoms with van der Waals surface area (Å²) in [4.78, 5) is 34.4. The second kappa shape index (κ2) is 6.00. The fourth-order valence-electron chi connectivity index (χ4n) is 1.73. The molecule has 0 aliphatic heterocycles. The summed E-state index contributed by atoms with van der Waals surface area (Å²) in [6.07, 6.45) is 0. The highest BCUT2D eigenvalue weighted by molar-refractivity contribution is 5.89. The SMILES string of the molecule is COC(=O)c1ccc(=O)n(-c2cccc(NC(C)=O)c2)n1. The number of benzene rings is 1. The van der Waals surface area contributed by atoms with Gasteiger partial charge in [0.1, 0.15) is 0 Å². The fraction of sp³-hybridized carbons (Fsp3) is 0.143. The Bertz CT molecular complexity index is 752. The van der Waals surface area contributed by atoms with Gasteiger partial charge < -0.3 is 10.1 Å². The smallest absolute Gasteiger partial charge is 0.358 e. The van der Waals surface area contributed by atoms with Gasteiger partial charge in [-0.15, -0.1) is 0 Å². The van der Waals surface area contributed by atoms with E-state index in [4.69, 9.17) is 0 Å². The van der Waals surface area contributed by atoms with Crippen LogP contribution < -0.4 is 10.9 Å². The van der Waals surface area contributed by atoms with Gasteiger partial charge in [-0.3, -0.25) is 9.59 Å². The fourth-order valence-corrected chi connectivity index (χ4v) is 1.73. The molecule has 1 N–H and O–H groups in total. The van der Waals surface area contributed by atoms with Gasteiger partial charge in [-0.1, -0.05) is 6.07 Å². The molecule has 0 atom stereocenters. The lowest BCUT2D eigenvalue weighted by atomic mass is 10.2.